The van der Waals surface area contributed by atoms with E-state index < -0.39 is 0 Å². The third-order valence-electron chi connectivity index (χ3n) is 4.58. The average Bonchev–Trinajstić information content (AvgIpc) is 2.82. The molecule has 5 heteroatoms. The van der Waals surface area contributed by atoms with Crippen LogP contribution in [0, 0.1) is 0 Å². The Morgan fingerprint density at radius 1 is 1.27 bits per heavy atom. The van der Waals surface area contributed by atoms with Crippen LogP contribution in [0.2, 0.25) is 0 Å². The highest BCUT2D eigenvalue weighted by molar-refractivity contribution is 5.96. The van der Waals surface area contributed by atoms with Gasteiger partial charge in [0.2, 0.25) is 0 Å². The van der Waals surface area contributed by atoms with E-state index in [1.807, 2.05) is 10.8 Å². The molecule has 2 heterocycles. The minimum absolute atomic E-state index is 0.0250. The normalized spacial score (nSPS) is 16.5. The number of aliphatic hydroxyl groups is 1. The first kappa shape index (κ1) is 13.5. The van der Waals surface area contributed by atoms with E-state index in [0.717, 1.165) is 53.5 Å². The van der Waals surface area contributed by atoms with Crippen molar-refractivity contribution in [2.75, 3.05) is 6.61 Å². The van der Waals surface area contributed by atoms with Crippen molar-refractivity contribution in [3.8, 4) is 0 Å². The fourth-order valence-electron chi connectivity index (χ4n) is 3.42. The summed E-state index contributed by atoms with van der Waals surface area (Å²) < 4.78 is 1.84. The summed E-state index contributed by atoms with van der Waals surface area (Å²) in [5.74, 6) is 0. The Morgan fingerprint density at radius 2 is 2.05 bits per heavy atom. The number of allylic oxidation sites excluding steroid dienone is 4. The van der Waals surface area contributed by atoms with Gasteiger partial charge in [0, 0.05) is 29.7 Å². The number of hydrogen-bond donors (Lipinski definition) is 2. The van der Waals surface area contributed by atoms with E-state index in [4.69, 9.17) is 10.2 Å². The van der Waals surface area contributed by atoms with Gasteiger partial charge < -0.3 is 10.1 Å². The van der Waals surface area contributed by atoms with E-state index in [9.17, 15) is 4.79 Å². The molecule has 2 aliphatic carbocycles. The molecule has 2 aromatic rings. The fraction of sp³-hybridized carbons (Fsp3) is 0.412. The maximum Gasteiger partial charge on any atom is 0.253 e. The zero-order valence-corrected chi connectivity index (χ0v) is 12.4. The summed E-state index contributed by atoms with van der Waals surface area (Å²) >= 11 is 0. The average molecular weight is 297 g/mol. The van der Waals surface area contributed by atoms with Gasteiger partial charge in [0.25, 0.3) is 5.56 Å². The number of aryl methyl sites for hydroxylation is 2. The van der Waals surface area contributed by atoms with Crippen LogP contribution in [0.1, 0.15) is 36.1 Å². The Balaban J connectivity index is 1.99. The highest BCUT2D eigenvalue weighted by Crippen LogP contribution is 2.33. The molecule has 0 bridgehead atoms. The number of aromatic amines is 1. The number of aliphatic hydroxyl groups excluding tert-OH is 1. The van der Waals surface area contributed by atoms with Crippen LogP contribution in [0.15, 0.2) is 23.0 Å². The second-order valence-electron chi connectivity index (χ2n) is 5.97. The van der Waals surface area contributed by atoms with Crippen molar-refractivity contribution in [3.63, 3.8) is 0 Å². The van der Waals surface area contributed by atoms with Crippen LogP contribution in [0.3, 0.4) is 0 Å². The molecule has 0 radical (unpaired) electrons. The molecule has 0 saturated carbocycles. The van der Waals surface area contributed by atoms with Gasteiger partial charge in [-0.25, -0.2) is 4.68 Å². The molecule has 0 unspecified atom stereocenters. The van der Waals surface area contributed by atoms with E-state index in [-0.39, 0.29) is 12.2 Å². The molecule has 2 N–H and O–H groups in total. The van der Waals surface area contributed by atoms with Crippen LogP contribution in [0.25, 0.3) is 16.6 Å². The van der Waals surface area contributed by atoms with Crippen molar-refractivity contribution >= 4 is 16.6 Å². The molecule has 0 amide bonds. The summed E-state index contributed by atoms with van der Waals surface area (Å²) in [5, 5.41) is 14.9. The molecular formula is C17H19N3O2. The van der Waals surface area contributed by atoms with Gasteiger partial charge in [-0.3, -0.25) is 4.79 Å². The smallest absolute Gasteiger partial charge is 0.253 e. The number of hydrogen-bond acceptors (Lipinski definition) is 3. The van der Waals surface area contributed by atoms with Crippen molar-refractivity contribution in [3.05, 3.63) is 45.4 Å². The topological polar surface area (TPSA) is 70.9 Å². The van der Waals surface area contributed by atoms with Gasteiger partial charge in [-0.1, -0.05) is 18.2 Å². The summed E-state index contributed by atoms with van der Waals surface area (Å²) in [4.78, 5) is 15.4. The first-order valence-electron chi connectivity index (χ1n) is 7.93. The van der Waals surface area contributed by atoms with Gasteiger partial charge >= 0.3 is 0 Å². The Morgan fingerprint density at radius 3 is 2.73 bits per heavy atom. The van der Waals surface area contributed by atoms with Crippen LogP contribution in [-0.2, 0) is 19.4 Å². The van der Waals surface area contributed by atoms with Crippen LogP contribution < -0.4 is 5.56 Å². The van der Waals surface area contributed by atoms with E-state index in [2.05, 4.69) is 17.1 Å². The van der Waals surface area contributed by atoms with Gasteiger partial charge in [0.1, 0.15) is 11.3 Å². The molecule has 2 aromatic heterocycles. The number of H-pyrrole nitrogens is 1. The predicted molar refractivity (Wildman–Crippen MR) is 85.8 cm³/mol. The molecule has 0 spiro atoms. The minimum Gasteiger partial charge on any atom is -0.396 e. The number of fused-ring (bicyclic) bond motifs is 3. The standard InChI is InChI=1S/C17H19N3O2/c21-10-4-9-20-16-14(15(19-20)11-5-3-6-11)12-7-1-2-8-13(12)17(22)18-16/h3,5-6,21H,1-2,4,7-10H2,(H,18,22). The van der Waals surface area contributed by atoms with E-state index in [1.165, 1.54) is 5.56 Å². The molecule has 4 rings (SSSR count). The molecule has 0 saturated heterocycles. The zero-order valence-electron chi connectivity index (χ0n) is 12.4. The molecule has 2 aliphatic rings. The summed E-state index contributed by atoms with van der Waals surface area (Å²) in [6.07, 6.45) is 10.8. The summed E-state index contributed by atoms with van der Waals surface area (Å²) in [7, 11) is 0. The monoisotopic (exact) mass is 297 g/mol. The van der Waals surface area contributed by atoms with Crippen LogP contribution in [-0.4, -0.2) is 26.5 Å². The Kier molecular flexibility index (Phi) is 3.22. The van der Waals surface area contributed by atoms with Crippen molar-refractivity contribution < 1.29 is 5.11 Å². The molecule has 0 aromatic carbocycles. The van der Waals surface area contributed by atoms with Crippen LogP contribution in [0.5, 0.6) is 0 Å². The Labute approximate surface area is 128 Å². The predicted octanol–water partition coefficient (Wildman–Crippen LogP) is 1.94. The van der Waals surface area contributed by atoms with Gasteiger partial charge in [0.15, 0.2) is 0 Å². The second-order valence-corrected chi connectivity index (χ2v) is 5.97. The van der Waals surface area contributed by atoms with Crippen molar-refractivity contribution in [2.45, 2.75) is 38.6 Å². The molecule has 22 heavy (non-hydrogen) atoms. The number of aromatic nitrogens is 3. The third-order valence-corrected chi connectivity index (χ3v) is 4.58. The lowest BCUT2D eigenvalue weighted by molar-refractivity contribution is 0.277. The lowest BCUT2D eigenvalue weighted by Crippen LogP contribution is -2.20. The first-order valence-corrected chi connectivity index (χ1v) is 7.93. The van der Waals surface area contributed by atoms with Crippen LogP contribution in [0.4, 0.5) is 0 Å². The molecule has 0 atom stereocenters. The zero-order chi connectivity index (χ0) is 15.1. The lowest BCUT2D eigenvalue weighted by atomic mass is 9.89. The summed E-state index contributed by atoms with van der Waals surface area (Å²) in [6.45, 7) is 0.729. The van der Waals surface area contributed by atoms with Gasteiger partial charge in [-0.15, -0.1) is 0 Å². The molecule has 0 aliphatic heterocycles. The summed E-state index contributed by atoms with van der Waals surface area (Å²) in [6, 6.07) is 0. The van der Waals surface area contributed by atoms with Gasteiger partial charge in [-0.2, -0.15) is 5.10 Å². The number of nitrogens with one attached hydrogen (secondary N) is 1. The highest BCUT2D eigenvalue weighted by atomic mass is 16.3. The fourth-order valence-corrected chi connectivity index (χ4v) is 3.42. The van der Waals surface area contributed by atoms with Crippen molar-refractivity contribution in [2.24, 2.45) is 0 Å². The van der Waals surface area contributed by atoms with Crippen molar-refractivity contribution in [1.29, 1.82) is 0 Å². The lowest BCUT2D eigenvalue weighted by Gasteiger charge is -2.16. The Hall–Kier alpha value is -2.14. The molecular weight excluding hydrogens is 278 g/mol. The van der Waals surface area contributed by atoms with Gasteiger partial charge in [0.05, 0.1) is 0 Å². The van der Waals surface area contributed by atoms with E-state index >= 15 is 0 Å². The number of pyridine rings is 1. The van der Waals surface area contributed by atoms with Gasteiger partial charge in [-0.05, 0) is 37.7 Å². The Bertz CT molecular complexity index is 855. The molecule has 114 valence electrons. The highest BCUT2D eigenvalue weighted by Gasteiger charge is 2.23. The van der Waals surface area contributed by atoms with E-state index in [1.54, 1.807) is 0 Å². The van der Waals surface area contributed by atoms with E-state index in [0.29, 0.717) is 13.0 Å². The van der Waals surface area contributed by atoms with Crippen LogP contribution >= 0.6 is 0 Å². The number of rotatable bonds is 4. The number of nitrogens with zero attached hydrogens (tertiary/aromatic N) is 2. The SMILES string of the molecule is O=c1[nH]c2c(c(C3=CC=C3)nn2CCCO)c2c1CCCC2. The second kappa shape index (κ2) is 5.25. The van der Waals surface area contributed by atoms with Crippen molar-refractivity contribution in [1.82, 2.24) is 14.8 Å². The maximum absolute atomic E-state index is 12.4. The minimum atomic E-state index is 0.0250. The molecule has 0 fully saturated rings. The third kappa shape index (κ3) is 1.96. The summed E-state index contributed by atoms with van der Waals surface area (Å²) in [5.41, 5.74) is 5.02. The largest absolute Gasteiger partial charge is 0.396 e. The maximum atomic E-state index is 12.4. The molecule has 5 nitrogen and oxygen atoms in total. The quantitative estimate of drug-likeness (QED) is 0.906. The first-order chi connectivity index (χ1) is 10.8.